The molecule has 1 fully saturated rings. The van der Waals surface area contributed by atoms with Crippen molar-refractivity contribution in [2.75, 3.05) is 13.1 Å². The lowest BCUT2D eigenvalue weighted by Crippen LogP contribution is -2.42. The van der Waals surface area contributed by atoms with E-state index in [1.54, 1.807) is 17.0 Å². The van der Waals surface area contributed by atoms with Crippen LogP contribution in [-0.4, -0.2) is 29.9 Å². The Balaban J connectivity index is 1.93. The minimum absolute atomic E-state index is 0.138. The summed E-state index contributed by atoms with van der Waals surface area (Å²) in [5.41, 5.74) is 6.02. The molecule has 0 atom stereocenters. The van der Waals surface area contributed by atoms with Crippen molar-refractivity contribution < 1.29 is 9.18 Å². The SMILES string of the molecule is N=C(N)c1ccc(CNC(=O)N2CCCCC2)c(F)c1. The fraction of sp³-hybridized carbons (Fsp3) is 0.429. The molecule has 2 amide bonds. The van der Waals surface area contributed by atoms with Crippen molar-refractivity contribution in [3.8, 4) is 0 Å². The van der Waals surface area contributed by atoms with Crippen molar-refractivity contribution in [3.63, 3.8) is 0 Å². The van der Waals surface area contributed by atoms with Gasteiger partial charge in [-0.15, -0.1) is 0 Å². The van der Waals surface area contributed by atoms with Gasteiger partial charge in [-0.3, -0.25) is 5.41 Å². The second-order valence-electron chi connectivity index (χ2n) is 4.93. The number of likely N-dealkylation sites (tertiary alicyclic amines) is 1. The number of carbonyl (C=O) groups is 1. The van der Waals surface area contributed by atoms with Crippen LogP contribution in [-0.2, 0) is 6.54 Å². The summed E-state index contributed by atoms with van der Waals surface area (Å²) >= 11 is 0. The van der Waals surface area contributed by atoms with Crippen LogP contribution >= 0.6 is 0 Å². The second kappa shape index (κ2) is 6.36. The van der Waals surface area contributed by atoms with Gasteiger partial charge in [0, 0.05) is 30.8 Å². The molecule has 1 heterocycles. The molecule has 1 aromatic rings. The van der Waals surface area contributed by atoms with Gasteiger partial charge < -0.3 is 16.0 Å². The fourth-order valence-electron chi connectivity index (χ4n) is 2.24. The van der Waals surface area contributed by atoms with Crippen LogP contribution in [0.1, 0.15) is 30.4 Å². The molecule has 0 radical (unpaired) electrons. The van der Waals surface area contributed by atoms with Crippen LogP contribution in [0.2, 0.25) is 0 Å². The van der Waals surface area contributed by atoms with Crippen molar-refractivity contribution in [1.82, 2.24) is 10.2 Å². The van der Waals surface area contributed by atoms with E-state index < -0.39 is 5.82 Å². The summed E-state index contributed by atoms with van der Waals surface area (Å²) in [6.45, 7) is 1.66. The number of amidine groups is 1. The largest absolute Gasteiger partial charge is 0.384 e. The summed E-state index contributed by atoms with van der Waals surface area (Å²) in [6, 6.07) is 4.18. The van der Waals surface area contributed by atoms with Crippen LogP contribution in [0.3, 0.4) is 0 Å². The number of rotatable bonds is 3. The highest BCUT2D eigenvalue weighted by Gasteiger charge is 2.16. The number of piperidine rings is 1. The van der Waals surface area contributed by atoms with E-state index >= 15 is 0 Å². The molecule has 5 nitrogen and oxygen atoms in total. The first kappa shape index (κ1) is 14.3. The number of carbonyl (C=O) groups excluding carboxylic acids is 1. The molecule has 0 aliphatic carbocycles. The van der Waals surface area contributed by atoms with Crippen molar-refractivity contribution in [2.45, 2.75) is 25.8 Å². The fourth-order valence-corrected chi connectivity index (χ4v) is 2.24. The van der Waals surface area contributed by atoms with Crippen molar-refractivity contribution in [3.05, 3.63) is 35.1 Å². The van der Waals surface area contributed by atoms with E-state index in [1.165, 1.54) is 6.07 Å². The molecule has 4 N–H and O–H groups in total. The predicted molar refractivity (Wildman–Crippen MR) is 75.1 cm³/mol. The number of nitrogens with two attached hydrogens (primary N) is 1. The van der Waals surface area contributed by atoms with E-state index in [2.05, 4.69) is 5.32 Å². The third-order valence-corrected chi connectivity index (χ3v) is 3.44. The van der Waals surface area contributed by atoms with Gasteiger partial charge in [-0.2, -0.15) is 0 Å². The average molecular weight is 278 g/mol. The lowest BCUT2D eigenvalue weighted by atomic mass is 10.1. The molecule has 108 valence electrons. The van der Waals surface area contributed by atoms with Crippen LogP contribution in [0.4, 0.5) is 9.18 Å². The standard InChI is InChI=1S/C14H19FN4O/c15-12-8-10(13(16)17)4-5-11(12)9-18-14(20)19-6-2-1-3-7-19/h4-5,8H,1-3,6-7,9H2,(H3,16,17)(H,18,20). The van der Waals surface area contributed by atoms with E-state index in [-0.39, 0.29) is 18.4 Å². The predicted octanol–water partition coefficient (Wildman–Crippen LogP) is 1.81. The van der Waals surface area contributed by atoms with E-state index in [4.69, 9.17) is 11.1 Å². The van der Waals surface area contributed by atoms with Gasteiger partial charge in [-0.1, -0.05) is 12.1 Å². The molecule has 1 aliphatic heterocycles. The molecule has 1 aromatic carbocycles. The van der Waals surface area contributed by atoms with Crippen LogP contribution in [0.15, 0.2) is 18.2 Å². The third-order valence-electron chi connectivity index (χ3n) is 3.44. The molecule has 6 heteroatoms. The normalized spacial score (nSPS) is 14.9. The molecule has 0 bridgehead atoms. The van der Waals surface area contributed by atoms with Gasteiger partial charge in [0.1, 0.15) is 11.7 Å². The van der Waals surface area contributed by atoms with Crippen LogP contribution in [0.25, 0.3) is 0 Å². The number of amides is 2. The Morgan fingerprint density at radius 2 is 2.05 bits per heavy atom. The minimum Gasteiger partial charge on any atom is -0.384 e. The summed E-state index contributed by atoms with van der Waals surface area (Å²) in [5.74, 6) is -0.635. The monoisotopic (exact) mass is 278 g/mol. The summed E-state index contributed by atoms with van der Waals surface area (Å²) in [7, 11) is 0. The van der Waals surface area contributed by atoms with Gasteiger partial charge in [0.25, 0.3) is 0 Å². The molecule has 20 heavy (non-hydrogen) atoms. The van der Waals surface area contributed by atoms with E-state index in [9.17, 15) is 9.18 Å². The van der Waals surface area contributed by atoms with E-state index in [0.29, 0.717) is 11.1 Å². The molecular weight excluding hydrogens is 259 g/mol. The average Bonchev–Trinajstić information content (AvgIpc) is 2.46. The zero-order chi connectivity index (χ0) is 14.5. The lowest BCUT2D eigenvalue weighted by molar-refractivity contribution is 0.186. The summed E-state index contributed by atoms with van der Waals surface area (Å²) < 4.78 is 13.8. The summed E-state index contributed by atoms with van der Waals surface area (Å²) in [5, 5.41) is 9.96. The Morgan fingerprint density at radius 3 is 2.65 bits per heavy atom. The lowest BCUT2D eigenvalue weighted by Gasteiger charge is -2.26. The maximum atomic E-state index is 13.8. The second-order valence-corrected chi connectivity index (χ2v) is 4.93. The molecule has 1 aliphatic rings. The van der Waals surface area contributed by atoms with Gasteiger partial charge >= 0.3 is 6.03 Å². The number of nitrogen functional groups attached to an aromatic ring is 1. The van der Waals surface area contributed by atoms with E-state index in [0.717, 1.165) is 32.4 Å². The van der Waals surface area contributed by atoms with Crippen molar-refractivity contribution in [2.24, 2.45) is 5.73 Å². The zero-order valence-electron chi connectivity index (χ0n) is 11.3. The van der Waals surface area contributed by atoms with Crippen molar-refractivity contribution >= 4 is 11.9 Å². The quantitative estimate of drug-likeness (QED) is 0.582. The van der Waals surface area contributed by atoms with Crippen LogP contribution in [0.5, 0.6) is 0 Å². The molecular formula is C14H19FN4O. The molecule has 0 aromatic heterocycles. The highest BCUT2D eigenvalue weighted by molar-refractivity contribution is 5.94. The van der Waals surface area contributed by atoms with Crippen molar-refractivity contribution in [1.29, 1.82) is 5.41 Å². The number of hydrogen-bond acceptors (Lipinski definition) is 2. The smallest absolute Gasteiger partial charge is 0.317 e. The number of halogens is 1. The van der Waals surface area contributed by atoms with Crippen LogP contribution in [0, 0.1) is 11.2 Å². The first-order chi connectivity index (χ1) is 9.58. The maximum Gasteiger partial charge on any atom is 0.317 e. The maximum absolute atomic E-state index is 13.8. The Kier molecular flexibility index (Phi) is 4.55. The number of hydrogen-bond donors (Lipinski definition) is 3. The first-order valence-corrected chi connectivity index (χ1v) is 6.73. The van der Waals surface area contributed by atoms with Gasteiger partial charge in [-0.05, 0) is 25.3 Å². The minimum atomic E-state index is -0.461. The number of urea groups is 1. The highest BCUT2D eigenvalue weighted by atomic mass is 19.1. The van der Waals surface area contributed by atoms with Gasteiger partial charge in [0.15, 0.2) is 0 Å². The molecule has 2 rings (SSSR count). The summed E-state index contributed by atoms with van der Waals surface area (Å²) in [6.07, 6.45) is 3.20. The Labute approximate surface area is 117 Å². The molecule has 0 saturated carbocycles. The number of nitrogens with zero attached hydrogens (tertiary/aromatic N) is 1. The van der Waals surface area contributed by atoms with Gasteiger partial charge in [-0.25, -0.2) is 9.18 Å². The van der Waals surface area contributed by atoms with Gasteiger partial charge in [0.05, 0.1) is 0 Å². The van der Waals surface area contributed by atoms with E-state index in [1.807, 2.05) is 0 Å². The Morgan fingerprint density at radius 1 is 1.35 bits per heavy atom. The van der Waals surface area contributed by atoms with Crippen LogP contribution < -0.4 is 11.1 Å². The van der Waals surface area contributed by atoms with Gasteiger partial charge in [0.2, 0.25) is 0 Å². The number of nitrogens with one attached hydrogen (secondary N) is 2. The number of benzene rings is 1. The zero-order valence-corrected chi connectivity index (χ0v) is 11.3. The first-order valence-electron chi connectivity index (χ1n) is 6.73. The molecule has 0 spiro atoms. The molecule has 0 unspecified atom stereocenters. The topological polar surface area (TPSA) is 82.2 Å². The third kappa shape index (κ3) is 3.46. The molecule has 1 saturated heterocycles. The Bertz CT molecular complexity index is 512. The Hall–Kier alpha value is -2.11. The summed E-state index contributed by atoms with van der Waals surface area (Å²) in [4.78, 5) is 13.7. The highest BCUT2D eigenvalue weighted by Crippen LogP contribution is 2.11.